The summed E-state index contributed by atoms with van der Waals surface area (Å²) >= 11 is 1.39. The van der Waals surface area contributed by atoms with Crippen LogP contribution < -0.4 is 5.32 Å². The van der Waals surface area contributed by atoms with Gasteiger partial charge < -0.3 is 10.1 Å². The van der Waals surface area contributed by atoms with Crippen molar-refractivity contribution in [2.75, 3.05) is 17.6 Å². The van der Waals surface area contributed by atoms with Gasteiger partial charge in [0.2, 0.25) is 0 Å². The second-order valence-electron chi connectivity index (χ2n) is 5.26. The molecule has 0 atom stereocenters. The van der Waals surface area contributed by atoms with Crippen LogP contribution in [0.25, 0.3) is 0 Å². The first-order valence-corrected chi connectivity index (χ1v) is 7.78. The molecule has 0 unspecified atom stereocenters. The molecule has 1 aromatic rings. The van der Waals surface area contributed by atoms with Gasteiger partial charge in [-0.1, -0.05) is 18.7 Å². The number of carbonyl (C=O) groups excluding carboxylic acids is 1. The lowest BCUT2D eigenvalue weighted by Crippen LogP contribution is -2.25. The van der Waals surface area contributed by atoms with Crippen LogP contribution in [0.15, 0.2) is 11.4 Å². The van der Waals surface area contributed by atoms with Crippen molar-refractivity contribution >= 4 is 23.5 Å². The quantitative estimate of drug-likeness (QED) is 0.495. The number of anilines is 1. The molecule has 1 aromatic heterocycles. The Labute approximate surface area is 124 Å². The molecule has 0 spiro atoms. The summed E-state index contributed by atoms with van der Waals surface area (Å²) in [6.45, 7) is 10.5. The lowest BCUT2D eigenvalue weighted by Gasteiger charge is -2.19. The second kappa shape index (κ2) is 7.47. The number of nitrogens with zero attached hydrogens (tertiary/aromatic N) is 2. The van der Waals surface area contributed by atoms with Gasteiger partial charge in [-0.2, -0.15) is 0 Å². The molecule has 112 valence electrons. The van der Waals surface area contributed by atoms with Gasteiger partial charge in [-0.3, -0.25) is 4.79 Å². The van der Waals surface area contributed by atoms with Gasteiger partial charge in [0.15, 0.2) is 0 Å². The zero-order valence-electron chi connectivity index (χ0n) is 12.8. The average molecular weight is 297 g/mol. The summed E-state index contributed by atoms with van der Waals surface area (Å²) < 4.78 is 5.29. The Morgan fingerprint density at radius 2 is 2.05 bits per heavy atom. The highest BCUT2D eigenvalue weighted by atomic mass is 32.2. The second-order valence-corrected chi connectivity index (χ2v) is 6.23. The molecule has 0 fully saturated rings. The number of rotatable bonds is 6. The maximum Gasteiger partial charge on any atom is 0.316 e. The summed E-state index contributed by atoms with van der Waals surface area (Å²) in [6.07, 6.45) is 2.34. The van der Waals surface area contributed by atoms with Crippen molar-refractivity contribution in [3.8, 4) is 0 Å². The van der Waals surface area contributed by atoms with Crippen molar-refractivity contribution in [2.45, 2.75) is 51.7 Å². The van der Waals surface area contributed by atoms with Gasteiger partial charge in [0.1, 0.15) is 22.8 Å². The zero-order chi connectivity index (χ0) is 15.2. The summed E-state index contributed by atoms with van der Waals surface area (Å²) in [6, 6.07) is 0. The first-order valence-electron chi connectivity index (χ1n) is 6.79. The number of hydrogen-bond acceptors (Lipinski definition) is 6. The van der Waals surface area contributed by atoms with Crippen LogP contribution in [-0.2, 0) is 16.0 Å². The van der Waals surface area contributed by atoms with E-state index in [0.717, 1.165) is 29.4 Å². The Morgan fingerprint density at radius 1 is 1.35 bits per heavy atom. The molecule has 1 N–H and O–H groups in total. The highest BCUT2D eigenvalue weighted by Gasteiger charge is 2.17. The van der Waals surface area contributed by atoms with E-state index in [1.165, 1.54) is 18.1 Å². The standard InChI is InChI=1S/C14H23N3O2S/c1-6-10-12(15-7-2)16-9-17-13(10)20-8-11(18)19-14(3,4)5/h9H,6-8H2,1-5H3,(H,15,16,17). The fraction of sp³-hybridized carbons (Fsp3) is 0.643. The summed E-state index contributed by atoms with van der Waals surface area (Å²) in [5.41, 5.74) is 0.592. The largest absolute Gasteiger partial charge is 0.459 e. The molecule has 1 rings (SSSR count). The van der Waals surface area contributed by atoms with Crippen LogP contribution in [0.2, 0.25) is 0 Å². The molecular weight excluding hydrogens is 274 g/mol. The van der Waals surface area contributed by atoms with E-state index >= 15 is 0 Å². The Balaban J connectivity index is 2.73. The highest BCUT2D eigenvalue weighted by Crippen LogP contribution is 2.25. The Hall–Kier alpha value is -1.30. The predicted molar refractivity (Wildman–Crippen MR) is 82.1 cm³/mol. The molecule has 0 saturated carbocycles. The first kappa shape index (κ1) is 16.8. The minimum Gasteiger partial charge on any atom is -0.459 e. The van der Waals surface area contributed by atoms with Crippen molar-refractivity contribution in [3.05, 3.63) is 11.9 Å². The molecule has 0 aliphatic heterocycles. The zero-order valence-corrected chi connectivity index (χ0v) is 13.6. The average Bonchev–Trinajstić information content (AvgIpc) is 2.35. The van der Waals surface area contributed by atoms with Crippen LogP contribution in [0.5, 0.6) is 0 Å². The van der Waals surface area contributed by atoms with Gasteiger partial charge in [0.05, 0.1) is 5.75 Å². The minimum atomic E-state index is -0.453. The van der Waals surface area contributed by atoms with E-state index in [1.54, 1.807) is 0 Å². The Bertz CT molecular complexity index is 458. The molecule has 0 amide bonds. The Kier molecular flexibility index (Phi) is 6.26. The molecule has 5 nitrogen and oxygen atoms in total. The molecule has 0 saturated heterocycles. The summed E-state index contributed by atoms with van der Waals surface area (Å²) in [7, 11) is 0. The van der Waals surface area contributed by atoms with Crippen LogP contribution in [0.4, 0.5) is 5.82 Å². The lowest BCUT2D eigenvalue weighted by molar-refractivity contribution is -0.151. The van der Waals surface area contributed by atoms with E-state index in [0.29, 0.717) is 0 Å². The van der Waals surface area contributed by atoms with E-state index in [9.17, 15) is 4.79 Å². The molecule has 20 heavy (non-hydrogen) atoms. The van der Waals surface area contributed by atoms with E-state index < -0.39 is 5.60 Å². The van der Waals surface area contributed by atoms with Crippen LogP contribution in [0.3, 0.4) is 0 Å². The van der Waals surface area contributed by atoms with Gasteiger partial charge in [-0.15, -0.1) is 0 Å². The molecule has 0 radical (unpaired) electrons. The van der Waals surface area contributed by atoms with Crippen molar-refractivity contribution in [3.63, 3.8) is 0 Å². The normalized spacial score (nSPS) is 11.2. The predicted octanol–water partition coefficient (Wildman–Crippen LogP) is 2.90. The SMILES string of the molecule is CCNc1ncnc(SCC(=O)OC(C)(C)C)c1CC. The number of nitrogens with one attached hydrogen (secondary N) is 1. The molecule has 0 aromatic carbocycles. The fourth-order valence-electron chi connectivity index (χ4n) is 1.66. The maximum atomic E-state index is 11.7. The number of ether oxygens (including phenoxy) is 1. The van der Waals surface area contributed by atoms with Crippen molar-refractivity contribution in [1.29, 1.82) is 0 Å². The third-order valence-corrected chi connectivity index (χ3v) is 3.36. The third-order valence-electron chi connectivity index (χ3n) is 2.35. The van der Waals surface area contributed by atoms with Crippen molar-refractivity contribution in [2.24, 2.45) is 0 Å². The van der Waals surface area contributed by atoms with Crippen LogP contribution >= 0.6 is 11.8 Å². The van der Waals surface area contributed by atoms with Crippen molar-refractivity contribution < 1.29 is 9.53 Å². The van der Waals surface area contributed by atoms with E-state index in [4.69, 9.17) is 4.74 Å². The summed E-state index contributed by atoms with van der Waals surface area (Å²) in [5, 5.41) is 4.05. The highest BCUT2D eigenvalue weighted by molar-refractivity contribution is 7.99. The Morgan fingerprint density at radius 3 is 2.60 bits per heavy atom. The summed E-state index contributed by atoms with van der Waals surface area (Å²) in [4.78, 5) is 20.2. The van der Waals surface area contributed by atoms with Crippen LogP contribution in [0.1, 0.15) is 40.2 Å². The molecular formula is C14H23N3O2S. The van der Waals surface area contributed by atoms with Gasteiger partial charge >= 0.3 is 5.97 Å². The molecule has 0 aliphatic rings. The van der Waals surface area contributed by atoms with Gasteiger partial charge in [-0.05, 0) is 34.1 Å². The maximum absolute atomic E-state index is 11.7. The third kappa shape index (κ3) is 5.36. The number of thioether (sulfide) groups is 1. The minimum absolute atomic E-state index is 0.229. The summed E-state index contributed by atoms with van der Waals surface area (Å²) in [5.74, 6) is 0.872. The van der Waals surface area contributed by atoms with Gasteiger partial charge in [0.25, 0.3) is 0 Å². The van der Waals surface area contributed by atoms with Gasteiger partial charge in [-0.25, -0.2) is 9.97 Å². The van der Waals surface area contributed by atoms with Gasteiger partial charge in [0, 0.05) is 12.1 Å². The molecule has 0 aliphatic carbocycles. The topological polar surface area (TPSA) is 64.1 Å². The molecule has 1 heterocycles. The van der Waals surface area contributed by atoms with Crippen LogP contribution in [0, 0.1) is 0 Å². The fourth-order valence-corrected chi connectivity index (χ4v) is 2.51. The number of hydrogen-bond donors (Lipinski definition) is 1. The molecule has 6 heteroatoms. The van der Waals surface area contributed by atoms with E-state index in [-0.39, 0.29) is 11.7 Å². The van der Waals surface area contributed by atoms with E-state index in [1.807, 2.05) is 27.7 Å². The van der Waals surface area contributed by atoms with Crippen molar-refractivity contribution in [1.82, 2.24) is 9.97 Å². The first-order chi connectivity index (χ1) is 9.37. The molecule has 0 bridgehead atoms. The smallest absolute Gasteiger partial charge is 0.316 e. The van der Waals surface area contributed by atoms with E-state index in [2.05, 4.69) is 22.2 Å². The lowest BCUT2D eigenvalue weighted by atomic mass is 10.2. The number of esters is 1. The number of carbonyl (C=O) groups is 1. The number of aromatic nitrogens is 2. The monoisotopic (exact) mass is 297 g/mol. The van der Waals surface area contributed by atoms with Crippen LogP contribution in [-0.4, -0.2) is 33.8 Å².